The molecule has 0 aliphatic carbocycles. The second-order valence-electron chi connectivity index (χ2n) is 7.69. The SMILES string of the molecule is O=C(CSc1nnc(-c2ccco2)o1)N1CCc2cc(S(=O)(=O)N3CCCCC3)ccc21. The van der Waals surface area contributed by atoms with Crippen LogP contribution in [-0.4, -0.2) is 54.2 Å². The van der Waals surface area contributed by atoms with E-state index in [9.17, 15) is 13.2 Å². The predicted molar refractivity (Wildman–Crippen MR) is 118 cm³/mol. The van der Waals surface area contributed by atoms with Crippen LogP contribution >= 0.6 is 11.8 Å². The summed E-state index contributed by atoms with van der Waals surface area (Å²) in [5.74, 6) is 0.768. The molecular formula is C21H22N4O5S2. The summed E-state index contributed by atoms with van der Waals surface area (Å²) in [7, 11) is -3.49. The van der Waals surface area contributed by atoms with Crippen LogP contribution < -0.4 is 4.90 Å². The molecule has 2 aromatic heterocycles. The molecule has 1 amide bonds. The number of anilines is 1. The molecule has 0 N–H and O–H groups in total. The summed E-state index contributed by atoms with van der Waals surface area (Å²) >= 11 is 1.16. The number of fused-ring (bicyclic) bond motifs is 1. The van der Waals surface area contributed by atoms with Gasteiger partial charge in [0.25, 0.3) is 11.1 Å². The average molecular weight is 475 g/mol. The van der Waals surface area contributed by atoms with E-state index >= 15 is 0 Å². The first-order valence-corrected chi connectivity index (χ1v) is 12.9. The molecular weight excluding hydrogens is 452 g/mol. The molecule has 4 heterocycles. The molecule has 0 atom stereocenters. The Bertz CT molecular complexity index is 1220. The maximum absolute atomic E-state index is 13.0. The first-order valence-electron chi connectivity index (χ1n) is 10.5. The summed E-state index contributed by atoms with van der Waals surface area (Å²) in [4.78, 5) is 14.8. The third-order valence-corrected chi connectivity index (χ3v) is 8.36. The summed E-state index contributed by atoms with van der Waals surface area (Å²) in [6.45, 7) is 1.65. The summed E-state index contributed by atoms with van der Waals surface area (Å²) in [6, 6.07) is 8.50. The second kappa shape index (κ2) is 8.72. The van der Waals surface area contributed by atoms with Crippen molar-refractivity contribution in [2.45, 2.75) is 35.8 Å². The highest BCUT2D eigenvalue weighted by Gasteiger charge is 2.30. The van der Waals surface area contributed by atoms with Crippen LogP contribution in [0.4, 0.5) is 5.69 Å². The van der Waals surface area contributed by atoms with E-state index in [-0.39, 0.29) is 22.8 Å². The Morgan fingerprint density at radius 1 is 1.09 bits per heavy atom. The minimum absolute atomic E-state index is 0.0989. The molecule has 0 radical (unpaired) electrons. The monoisotopic (exact) mass is 474 g/mol. The fourth-order valence-corrected chi connectivity index (χ4v) is 6.23. The molecule has 11 heteroatoms. The Balaban J connectivity index is 1.25. The van der Waals surface area contributed by atoms with Gasteiger partial charge in [-0.3, -0.25) is 4.79 Å². The van der Waals surface area contributed by atoms with Crippen LogP contribution in [0, 0.1) is 0 Å². The van der Waals surface area contributed by atoms with Crippen LogP contribution in [0.1, 0.15) is 24.8 Å². The number of amides is 1. The summed E-state index contributed by atoms with van der Waals surface area (Å²) in [6.07, 6.45) is 5.00. The van der Waals surface area contributed by atoms with Crippen molar-refractivity contribution in [2.24, 2.45) is 0 Å². The van der Waals surface area contributed by atoms with E-state index in [1.54, 1.807) is 39.5 Å². The van der Waals surface area contributed by atoms with Crippen LogP contribution in [0.2, 0.25) is 0 Å². The van der Waals surface area contributed by atoms with E-state index in [0.29, 0.717) is 36.7 Å². The minimum Gasteiger partial charge on any atom is -0.459 e. The number of carbonyl (C=O) groups excluding carboxylic acids is 1. The van der Waals surface area contributed by atoms with E-state index in [1.165, 1.54) is 6.26 Å². The Hall–Kier alpha value is -2.63. The quantitative estimate of drug-likeness (QED) is 0.501. The van der Waals surface area contributed by atoms with Crippen molar-refractivity contribution in [3.05, 3.63) is 42.2 Å². The van der Waals surface area contributed by atoms with Gasteiger partial charge in [0.2, 0.25) is 15.9 Å². The molecule has 0 bridgehead atoms. The van der Waals surface area contributed by atoms with Crippen molar-refractivity contribution in [2.75, 3.05) is 30.3 Å². The lowest BCUT2D eigenvalue weighted by molar-refractivity contribution is -0.116. The van der Waals surface area contributed by atoms with E-state index in [4.69, 9.17) is 8.83 Å². The van der Waals surface area contributed by atoms with Gasteiger partial charge in [-0.2, -0.15) is 4.31 Å². The van der Waals surface area contributed by atoms with Crippen molar-refractivity contribution in [1.29, 1.82) is 0 Å². The number of hydrogen-bond donors (Lipinski definition) is 0. The normalized spacial score (nSPS) is 16.9. The smallest absolute Gasteiger partial charge is 0.284 e. The molecule has 9 nitrogen and oxygen atoms in total. The zero-order chi connectivity index (χ0) is 22.1. The van der Waals surface area contributed by atoms with Gasteiger partial charge < -0.3 is 13.7 Å². The van der Waals surface area contributed by atoms with Gasteiger partial charge in [0, 0.05) is 25.3 Å². The summed E-state index contributed by atoms with van der Waals surface area (Å²) < 4.78 is 38.2. The zero-order valence-electron chi connectivity index (χ0n) is 17.3. The second-order valence-corrected chi connectivity index (χ2v) is 10.6. The van der Waals surface area contributed by atoms with Gasteiger partial charge in [-0.25, -0.2) is 8.42 Å². The fraction of sp³-hybridized carbons (Fsp3) is 0.381. The molecule has 5 rings (SSSR count). The van der Waals surface area contributed by atoms with E-state index in [2.05, 4.69) is 10.2 Å². The van der Waals surface area contributed by atoms with Gasteiger partial charge >= 0.3 is 0 Å². The van der Waals surface area contributed by atoms with Crippen LogP contribution in [0.3, 0.4) is 0 Å². The fourth-order valence-electron chi connectivity index (χ4n) is 4.02. The standard InChI is InChI=1S/C21H22N4O5S2/c26-19(14-31-21-23-22-20(30-21)18-5-4-12-29-18)25-11-8-15-13-16(6-7-17(15)25)32(27,28)24-9-2-1-3-10-24/h4-7,12-13H,1-3,8-11,14H2. The van der Waals surface area contributed by atoms with Crippen molar-refractivity contribution >= 4 is 33.4 Å². The van der Waals surface area contributed by atoms with E-state index in [0.717, 1.165) is 42.3 Å². The van der Waals surface area contributed by atoms with Crippen molar-refractivity contribution in [3.63, 3.8) is 0 Å². The highest BCUT2D eigenvalue weighted by atomic mass is 32.2. The van der Waals surface area contributed by atoms with Crippen molar-refractivity contribution in [3.8, 4) is 11.7 Å². The third kappa shape index (κ3) is 4.07. The van der Waals surface area contributed by atoms with E-state index in [1.807, 2.05) is 0 Å². The number of sulfonamides is 1. The third-order valence-electron chi connectivity index (χ3n) is 5.66. The molecule has 168 valence electrons. The van der Waals surface area contributed by atoms with Gasteiger partial charge in [0.15, 0.2) is 5.76 Å². The maximum atomic E-state index is 13.0. The number of aromatic nitrogens is 2. The van der Waals surface area contributed by atoms with Gasteiger partial charge in [-0.15, -0.1) is 10.2 Å². The Kier molecular flexibility index (Phi) is 5.78. The lowest BCUT2D eigenvalue weighted by Crippen LogP contribution is -2.35. The Morgan fingerprint density at radius 2 is 1.94 bits per heavy atom. The summed E-state index contributed by atoms with van der Waals surface area (Å²) in [5, 5.41) is 8.15. The number of benzene rings is 1. The minimum atomic E-state index is -3.49. The first kappa shape index (κ1) is 21.2. The van der Waals surface area contributed by atoms with Crippen molar-refractivity contribution < 1.29 is 22.0 Å². The number of thioether (sulfide) groups is 1. The lowest BCUT2D eigenvalue weighted by Gasteiger charge is -2.26. The average Bonchev–Trinajstić information content (AvgIpc) is 3.58. The number of hydrogen-bond acceptors (Lipinski definition) is 8. The Morgan fingerprint density at radius 3 is 2.72 bits per heavy atom. The maximum Gasteiger partial charge on any atom is 0.284 e. The molecule has 1 aromatic carbocycles. The molecule has 2 aliphatic heterocycles. The predicted octanol–water partition coefficient (Wildman–Crippen LogP) is 3.19. The van der Waals surface area contributed by atoms with Gasteiger partial charge in [0.1, 0.15) is 0 Å². The summed E-state index contributed by atoms with van der Waals surface area (Å²) in [5.41, 5.74) is 1.63. The van der Waals surface area contributed by atoms with Crippen molar-refractivity contribution in [1.82, 2.24) is 14.5 Å². The number of furan rings is 1. The van der Waals surface area contributed by atoms with Gasteiger partial charge in [-0.1, -0.05) is 18.2 Å². The molecule has 0 unspecified atom stereocenters. The molecule has 1 saturated heterocycles. The van der Waals surface area contributed by atoms with Crippen LogP contribution in [0.5, 0.6) is 0 Å². The largest absolute Gasteiger partial charge is 0.459 e. The van der Waals surface area contributed by atoms with Gasteiger partial charge in [-0.05, 0) is 55.2 Å². The number of carbonyl (C=O) groups is 1. The molecule has 0 saturated carbocycles. The van der Waals surface area contributed by atoms with Crippen LogP contribution in [0.25, 0.3) is 11.7 Å². The van der Waals surface area contributed by atoms with Crippen LogP contribution in [0.15, 0.2) is 55.5 Å². The Labute approximate surface area is 189 Å². The number of rotatable bonds is 6. The highest BCUT2D eigenvalue weighted by Crippen LogP contribution is 2.33. The van der Waals surface area contributed by atoms with Crippen LogP contribution in [-0.2, 0) is 21.2 Å². The highest BCUT2D eigenvalue weighted by molar-refractivity contribution is 7.99. The molecule has 3 aromatic rings. The molecule has 0 spiro atoms. The van der Waals surface area contributed by atoms with E-state index < -0.39 is 10.0 Å². The lowest BCUT2D eigenvalue weighted by atomic mass is 10.2. The molecule has 2 aliphatic rings. The number of piperidine rings is 1. The topological polar surface area (TPSA) is 110 Å². The molecule has 1 fully saturated rings. The zero-order valence-corrected chi connectivity index (χ0v) is 18.9. The van der Waals surface area contributed by atoms with Gasteiger partial charge in [0.05, 0.1) is 16.9 Å². The molecule has 32 heavy (non-hydrogen) atoms. The first-order chi connectivity index (χ1) is 15.5. The number of nitrogens with zero attached hydrogens (tertiary/aromatic N) is 4.